The first kappa shape index (κ1) is 9.82. The molecular weight excluding hydrogens is 223 g/mol. The van der Waals surface area contributed by atoms with Crippen molar-refractivity contribution < 1.29 is 32.7 Å². The van der Waals surface area contributed by atoms with Gasteiger partial charge in [-0.1, -0.05) is 18.2 Å². The van der Waals surface area contributed by atoms with E-state index in [1.807, 2.05) is 24.4 Å². The summed E-state index contributed by atoms with van der Waals surface area (Å²) < 4.78 is 0. The van der Waals surface area contributed by atoms with E-state index in [9.17, 15) is 0 Å². The van der Waals surface area contributed by atoms with Crippen LogP contribution in [0.1, 0.15) is 5.56 Å². The van der Waals surface area contributed by atoms with Crippen molar-refractivity contribution in [1.82, 2.24) is 4.98 Å². The molecule has 2 rings (SSSR count). The predicted octanol–water partition coefficient (Wildman–Crippen LogP) is 2.54. The molecule has 0 saturated carbocycles. The molecule has 1 aromatic heterocycles. The third kappa shape index (κ3) is 1.91. The van der Waals surface area contributed by atoms with Crippen molar-refractivity contribution in [2.24, 2.45) is 0 Å². The molecule has 0 unspecified atom stereocenters. The van der Waals surface area contributed by atoms with Crippen LogP contribution >= 0.6 is 0 Å². The normalized spacial score (nSPS) is 9.42. The largest absolute Gasteiger partial charge is 0.256 e. The Balaban J connectivity index is 0.000000720. The maximum atomic E-state index is 4.28. The van der Waals surface area contributed by atoms with Crippen molar-refractivity contribution >= 4 is 10.9 Å². The second-order valence-corrected chi connectivity index (χ2v) is 2.71. The van der Waals surface area contributed by atoms with E-state index < -0.39 is 0 Å². The molecule has 12 heavy (non-hydrogen) atoms. The SMILES string of the molecule is Cc1cnc2ccccc2c1.[Y]. The fraction of sp³-hybridized carbons (Fsp3) is 0.100. The van der Waals surface area contributed by atoms with E-state index in [0.29, 0.717) is 0 Å². The van der Waals surface area contributed by atoms with Crippen molar-refractivity contribution in [3.8, 4) is 0 Å². The van der Waals surface area contributed by atoms with E-state index in [1.54, 1.807) is 0 Å². The Hall–Kier alpha value is -0.266. The monoisotopic (exact) mass is 232 g/mol. The molecule has 1 aromatic carbocycles. The minimum Gasteiger partial charge on any atom is -0.256 e. The summed E-state index contributed by atoms with van der Waals surface area (Å²) in [5.41, 5.74) is 2.28. The van der Waals surface area contributed by atoms with Crippen LogP contribution < -0.4 is 0 Å². The summed E-state index contributed by atoms with van der Waals surface area (Å²) in [6, 6.07) is 10.3. The quantitative estimate of drug-likeness (QED) is 0.680. The number of aromatic nitrogens is 1. The summed E-state index contributed by atoms with van der Waals surface area (Å²) >= 11 is 0. The number of hydrogen-bond acceptors (Lipinski definition) is 1. The van der Waals surface area contributed by atoms with Gasteiger partial charge in [0.25, 0.3) is 0 Å². The number of fused-ring (bicyclic) bond motifs is 1. The van der Waals surface area contributed by atoms with E-state index >= 15 is 0 Å². The van der Waals surface area contributed by atoms with Gasteiger partial charge in [-0.15, -0.1) is 0 Å². The summed E-state index contributed by atoms with van der Waals surface area (Å²) in [6.45, 7) is 2.06. The Bertz CT molecular complexity index is 384. The van der Waals surface area contributed by atoms with Crippen LogP contribution in [0.2, 0.25) is 0 Å². The van der Waals surface area contributed by atoms with Crippen LogP contribution in [0.4, 0.5) is 0 Å². The minimum absolute atomic E-state index is 0. The predicted molar refractivity (Wildman–Crippen MR) is 46.5 cm³/mol. The average molecular weight is 232 g/mol. The summed E-state index contributed by atoms with van der Waals surface area (Å²) in [5.74, 6) is 0. The zero-order valence-electron chi connectivity index (χ0n) is 6.99. The number of benzene rings is 1. The maximum absolute atomic E-state index is 4.28. The standard InChI is InChI=1S/C10H9N.Y/c1-8-6-9-4-2-3-5-10(9)11-7-8;/h2-7H,1H3;. The Morgan fingerprint density at radius 3 is 2.75 bits per heavy atom. The van der Waals surface area contributed by atoms with E-state index in [0.717, 1.165) is 5.52 Å². The smallest absolute Gasteiger partial charge is 0.0702 e. The molecule has 0 fully saturated rings. The number of nitrogens with zero attached hydrogens (tertiary/aromatic N) is 1. The van der Waals surface area contributed by atoms with Crippen LogP contribution in [0.5, 0.6) is 0 Å². The van der Waals surface area contributed by atoms with Gasteiger partial charge in [0.1, 0.15) is 0 Å². The van der Waals surface area contributed by atoms with E-state index in [4.69, 9.17) is 0 Å². The second-order valence-electron chi connectivity index (χ2n) is 2.71. The van der Waals surface area contributed by atoms with Crippen molar-refractivity contribution in [3.63, 3.8) is 0 Å². The summed E-state index contributed by atoms with van der Waals surface area (Å²) in [5, 5.41) is 1.22. The van der Waals surface area contributed by atoms with Gasteiger partial charge in [-0.2, -0.15) is 0 Å². The molecule has 2 heteroatoms. The minimum atomic E-state index is 0. The van der Waals surface area contributed by atoms with Crippen molar-refractivity contribution in [1.29, 1.82) is 0 Å². The summed E-state index contributed by atoms with van der Waals surface area (Å²) in [6.07, 6.45) is 1.89. The number of hydrogen-bond donors (Lipinski definition) is 0. The average Bonchev–Trinajstić information content (AvgIpc) is 2.04. The molecule has 2 aromatic rings. The summed E-state index contributed by atoms with van der Waals surface area (Å²) in [4.78, 5) is 4.28. The molecule has 0 N–H and O–H groups in total. The first-order chi connectivity index (χ1) is 5.36. The first-order valence-electron chi connectivity index (χ1n) is 3.68. The van der Waals surface area contributed by atoms with Gasteiger partial charge in [0.2, 0.25) is 0 Å². The second kappa shape index (κ2) is 4.11. The van der Waals surface area contributed by atoms with Gasteiger partial charge in [0, 0.05) is 44.3 Å². The van der Waals surface area contributed by atoms with Crippen LogP contribution in [0.3, 0.4) is 0 Å². The van der Waals surface area contributed by atoms with Gasteiger partial charge in [0.05, 0.1) is 5.52 Å². The number of para-hydroxylation sites is 1. The zero-order valence-corrected chi connectivity index (χ0v) is 9.83. The van der Waals surface area contributed by atoms with Gasteiger partial charge in [-0.25, -0.2) is 0 Å². The third-order valence-electron chi connectivity index (χ3n) is 1.73. The number of pyridine rings is 1. The molecule has 0 saturated heterocycles. The van der Waals surface area contributed by atoms with Gasteiger partial charge in [-0.05, 0) is 24.6 Å². The maximum Gasteiger partial charge on any atom is 0.0702 e. The topological polar surface area (TPSA) is 12.9 Å². The van der Waals surface area contributed by atoms with Gasteiger partial charge in [0.15, 0.2) is 0 Å². The Morgan fingerprint density at radius 2 is 1.92 bits per heavy atom. The van der Waals surface area contributed by atoms with E-state index in [-0.39, 0.29) is 32.7 Å². The Morgan fingerprint density at radius 1 is 1.17 bits per heavy atom. The molecule has 0 aliphatic carbocycles. The van der Waals surface area contributed by atoms with Gasteiger partial charge in [-0.3, -0.25) is 4.98 Å². The molecule has 0 aliphatic heterocycles. The van der Waals surface area contributed by atoms with Gasteiger partial charge < -0.3 is 0 Å². The first-order valence-corrected chi connectivity index (χ1v) is 3.68. The summed E-state index contributed by atoms with van der Waals surface area (Å²) in [7, 11) is 0. The molecule has 0 bridgehead atoms. The number of aryl methyl sites for hydroxylation is 1. The van der Waals surface area contributed by atoms with Crippen LogP contribution in [0.25, 0.3) is 10.9 Å². The van der Waals surface area contributed by atoms with Crippen LogP contribution in [-0.2, 0) is 32.7 Å². The fourth-order valence-electron chi connectivity index (χ4n) is 1.18. The molecule has 1 radical (unpaired) electrons. The number of rotatable bonds is 0. The molecule has 57 valence electrons. The van der Waals surface area contributed by atoms with Crippen molar-refractivity contribution in [3.05, 3.63) is 42.1 Å². The molecule has 0 aliphatic rings. The van der Waals surface area contributed by atoms with E-state index in [1.165, 1.54) is 10.9 Å². The van der Waals surface area contributed by atoms with E-state index in [2.05, 4.69) is 24.0 Å². The van der Waals surface area contributed by atoms with Crippen molar-refractivity contribution in [2.75, 3.05) is 0 Å². The Kier molecular flexibility index (Phi) is 3.36. The molecule has 0 spiro atoms. The fourth-order valence-corrected chi connectivity index (χ4v) is 1.18. The molecule has 1 heterocycles. The third-order valence-corrected chi connectivity index (χ3v) is 1.73. The molecular formula is C10H9NY. The molecule has 1 nitrogen and oxygen atoms in total. The molecule has 0 amide bonds. The van der Waals surface area contributed by atoms with Gasteiger partial charge >= 0.3 is 0 Å². The van der Waals surface area contributed by atoms with Crippen molar-refractivity contribution in [2.45, 2.75) is 6.92 Å². The van der Waals surface area contributed by atoms with Crippen LogP contribution in [0, 0.1) is 6.92 Å². The van der Waals surface area contributed by atoms with Crippen LogP contribution in [-0.4, -0.2) is 4.98 Å². The van der Waals surface area contributed by atoms with Crippen LogP contribution in [0.15, 0.2) is 36.5 Å². The molecule has 0 atom stereocenters. The Labute approximate surface area is 97.1 Å². The zero-order chi connectivity index (χ0) is 7.68.